The molecule has 0 bridgehead atoms. The van der Waals surface area contributed by atoms with Crippen molar-refractivity contribution in [2.24, 2.45) is 0 Å². The number of aromatic nitrogens is 1. The molecule has 2 aromatic rings. The van der Waals surface area contributed by atoms with E-state index in [1.54, 1.807) is 18.4 Å². The topological polar surface area (TPSA) is 54.5 Å². The van der Waals surface area contributed by atoms with Crippen LogP contribution in [0.2, 0.25) is 0 Å². The molecule has 0 spiro atoms. The Labute approximate surface area is 146 Å². The summed E-state index contributed by atoms with van der Waals surface area (Å²) in [6.45, 7) is 4.10. The molecular weight excluding hydrogens is 322 g/mol. The highest BCUT2D eigenvalue weighted by atomic mass is 32.1. The summed E-state index contributed by atoms with van der Waals surface area (Å²) in [5.74, 6) is 0.919. The average molecular weight is 345 g/mol. The lowest BCUT2D eigenvalue weighted by atomic mass is 9.99. The van der Waals surface area contributed by atoms with Crippen LogP contribution in [0.25, 0.3) is 0 Å². The third-order valence-corrected chi connectivity index (χ3v) is 5.50. The standard InChI is InChI=1S/C18H23N3O2S/c1-3-14-11-20-17(24-14)7-9-19-18(22)21-10-8-15-13(12-21)5-4-6-16(15)23-2/h4-6,11H,3,7-10,12H2,1-2H3,(H,19,22). The number of hydrogen-bond acceptors (Lipinski definition) is 4. The van der Waals surface area contributed by atoms with Crippen molar-refractivity contribution in [3.05, 3.63) is 45.4 Å². The number of methoxy groups -OCH3 is 1. The molecule has 1 aliphatic heterocycles. The van der Waals surface area contributed by atoms with Gasteiger partial charge in [-0.15, -0.1) is 11.3 Å². The first kappa shape index (κ1) is 16.8. The quantitative estimate of drug-likeness (QED) is 0.906. The Balaban J connectivity index is 1.52. The molecule has 1 aromatic carbocycles. The monoisotopic (exact) mass is 345 g/mol. The summed E-state index contributed by atoms with van der Waals surface area (Å²) in [7, 11) is 1.69. The van der Waals surface area contributed by atoms with E-state index in [1.807, 2.05) is 23.2 Å². The van der Waals surface area contributed by atoms with Crippen LogP contribution in [0.15, 0.2) is 24.4 Å². The smallest absolute Gasteiger partial charge is 0.317 e. The number of rotatable bonds is 5. The molecule has 128 valence electrons. The lowest BCUT2D eigenvalue weighted by Gasteiger charge is -2.29. The summed E-state index contributed by atoms with van der Waals surface area (Å²) in [5, 5.41) is 4.09. The van der Waals surface area contributed by atoms with Gasteiger partial charge in [0, 0.05) is 42.7 Å². The Hall–Kier alpha value is -2.08. The van der Waals surface area contributed by atoms with Crippen molar-refractivity contribution in [1.29, 1.82) is 0 Å². The van der Waals surface area contributed by atoms with Crippen LogP contribution < -0.4 is 10.1 Å². The summed E-state index contributed by atoms with van der Waals surface area (Å²) >= 11 is 1.73. The Kier molecular flexibility index (Phi) is 5.35. The predicted molar refractivity (Wildman–Crippen MR) is 95.7 cm³/mol. The first-order chi connectivity index (χ1) is 11.7. The van der Waals surface area contributed by atoms with Crippen molar-refractivity contribution in [2.45, 2.75) is 32.7 Å². The van der Waals surface area contributed by atoms with Crippen molar-refractivity contribution in [2.75, 3.05) is 20.2 Å². The minimum atomic E-state index is -0.00394. The second kappa shape index (κ2) is 7.66. The second-order valence-corrected chi connectivity index (χ2v) is 7.03. The number of hydrogen-bond donors (Lipinski definition) is 1. The Bertz CT molecular complexity index is 714. The molecule has 1 aromatic heterocycles. The number of nitrogens with one attached hydrogen (secondary N) is 1. The number of urea groups is 1. The number of benzene rings is 1. The number of aryl methyl sites for hydroxylation is 1. The van der Waals surface area contributed by atoms with Crippen LogP contribution in [0.3, 0.4) is 0 Å². The highest BCUT2D eigenvalue weighted by molar-refractivity contribution is 7.11. The van der Waals surface area contributed by atoms with Gasteiger partial charge in [0.15, 0.2) is 0 Å². The van der Waals surface area contributed by atoms with Crippen LogP contribution in [0.4, 0.5) is 4.79 Å². The second-order valence-electron chi connectivity index (χ2n) is 5.83. The maximum absolute atomic E-state index is 12.4. The molecule has 3 rings (SSSR count). The van der Waals surface area contributed by atoms with Crippen LogP contribution in [-0.2, 0) is 25.8 Å². The first-order valence-corrected chi connectivity index (χ1v) is 9.14. The van der Waals surface area contributed by atoms with Gasteiger partial charge in [0.25, 0.3) is 0 Å². The molecule has 0 aliphatic carbocycles. The van der Waals surface area contributed by atoms with Gasteiger partial charge in [-0.25, -0.2) is 9.78 Å². The molecule has 1 N–H and O–H groups in total. The van der Waals surface area contributed by atoms with Gasteiger partial charge in [-0.1, -0.05) is 19.1 Å². The molecule has 0 radical (unpaired) electrons. The molecule has 2 amide bonds. The minimum absolute atomic E-state index is 0.00394. The fourth-order valence-corrected chi connectivity index (χ4v) is 3.82. The Morgan fingerprint density at radius 2 is 2.33 bits per heavy atom. The number of ether oxygens (including phenoxy) is 1. The molecule has 0 saturated carbocycles. The summed E-state index contributed by atoms with van der Waals surface area (Å²) in [5.41, 5.74) is 2.39. The highest BCUT2D eigenvalue weighted by Crippen LogP contribution is 2.27. The van der Waals surface area contributed by atoms with E-state index in [4.69, 9.17) is 4.74 Å². The molecule has 6 heteroatoms. The van der Waals surface area contributed by atoms with E-state index < -0.39 is 0 Å². The molecule has 2 heterocycles. The van der Waals surface area contributed by atoms with Crippen molar-refractivity contribution >= 4 is 17.4 Å². The molecule has 0 atom stereocenters. The molecule has 0 fully saturated rings. The summed E-state index contributed by atoms with van der Waals surface area (Å²) < 4.78 is 5.41. The van der Waals surface area contributed by atoms with Gasteiger partial charge in [-0.3, -0.25) is 0 Å². The fraction of sp³-hybridized carbons (Fsp3) is 0.444. The maximum atomic E-state index is 12.4. The zero-order valence-corrected chi connectivity index (χ0v) is 15.0. The van der Waals surface area contributed by atoms with Crippen molar-refractivity contribution in [3.63, 3.8) is 0 Å². The summed E-state index contributed by atoms with van der Waals surface area (Å²) in [6.07, 6.45) is 4.56. The summed E-state index contributed by atoms with van der Waals surface area (Å²) in [6, 6.07) is 6.02. The zero-order valence-electron chi connectivity index (χ0n) is 14.2. The van der Waals surface area contributed by atoms with Gasteiger partial charge in [-0.2, -0.15) is 0 Å². The largest absolute Gasteiger partial charge is 0.496 e. The zero-order chi connectivity index (χ0) is 16.9. The normalized spacial score (nSPS) is 13.5. The van der Waals surface area contributed by atoms with Crippen LogP contribution in [0, 0.1) is 0 Å². The van der Waals surface area contributed by atoms with Gasteiger partial charge in [0.05, 0.1) is 12.1 Å². The van der Waals surface area contributed by atoms with Crippen molar-refractivity contribution < 1.29 is 9.53 Å². The van der Waals surface area contributed by atoms with E-state index in [1.165, 1.54) is 16.0 Å². The van der Waals surface area contributed by atoms with E-state index in [9.17, 15) is 4.79 Å². The number of nitrogens with zero attached hydrogens (tertiary/aromatic N) is 2. The third kappa shape index (κ3) is 3.70. The minimum Gasteiger partial charge on any atom is -0.496 e. The Morgan fingerprint density at radius 3 is 3.08 bits per heavy atom. The van der Waals surface area contributed by atoms with E-state index >= 15 is 0 Å². The van der Waals surface area contributed by atoms with Crippen LogP contribution in [-0.4, -0.2) is 36.1 Å². The van der Waals surface area contributed by atoms with E-state index in [0.717, 1.165) is 36.6 Å². The predicted octanol–water partition coefficient (Wildman–Crippen LogP) is 3.02. The van der Waals surface area contributed by atoms with Gasteiger partial charge in [0.2, 0.25) is 0 Å². The SMILES string of the molecule is CCc1cnc(CCNC(=O)N2CCc3c(cccc3OC)C2)s1. The van der Waals surface area contributed by atoms with Crippen molar-refractivity contribution in [1.82, 2.24) is 15.2 Å². The van der Waals surface area contributed by atoms with E-state index in [-0.39, 0.29) is 6.03 Å². The van der Waals surface area contributed by atoms with E-state index in [2.05, 4.69) is 23.3 Å². The fourth-order valence-electron chi connectivity index (χ4n) is 2.95. The highest BCUT2D eigenvalue weighted by Gasteiger charge is 2.22. The lowest BCUT2D eigenvalue weighted by Crippen LogP contribution is -2.43. The first-order valence-electron chi connectivity index (χ1n) is 8.32. The molecule has 0 unspecified atom stereocenters. The Morgan fingerprint density at radius 1 is 1.46 bits per heavy atom. The molecule has 0 saturated heterocycles. The van der Waals surface area contributed by atoms with Crippen LogP contribution in [0.5, 0.6) is 5.75 Å². The molecule has 1 aliphatic rings. The van der Waals surface area contributed by atoms with Gasteiger partial charge in [0.1, 0.15) is 5.75 Å². The molecular formula is C18H23N3O2S. The maximum Gasteiger partial charge on any atom is 0.317 e. The number of fused-ring (bicyclic) bond motifs is 1. The van der Waals surface area contributed by atoms with E-state index in [0.29, 0.717) is 13.1 Å². The molecule has 5 nitrogen and oxygen atoms in total. The van der Waals surface area contributed by atoms with Crippen LogP contribution >= 0.6 is 11.3 Å². The third-order valence-electron chi connectivity index (χ3n) is 4.30. The molecule has 24 heavy (non-hydrogen) atoms. The average Bonchev–Trinajstić information content (AvgIpc) is 3.08. The van der Waals surface area contributed by atoms with Gasteiger partial charge in [-0.05, 0) is 24.5 Å². The van der Waals surface area contributed by atoms with Gasteiger partial charge < -0.3 is 15.0 Å². The van der Waals surface area contributed by atoms with Gasteiger partial charge >= 0.3 is 6.03 Å². The van der Waals surface area contributed by atoms with Crippen molar-refractivity contribution in [3.8, 4) is 5.75 Å². The number of carbonyl (C=O) groups excluding carboxylic acids is 1. The van der Waals surface area contributed by atoms with Crippen LogP contribution in [0.1, 0.15) is 27.9 Å². The number of carbonyl (C=O) groups is 1. The number of amides is 2. The summed E-state index contributed by atoms with van der Waals surface area (Å²) in [4.78, 5) is 19.9. The lowest BCUT2D eigenvalue weighted by molar-refractivity contribution is 0.192. The number of thiazole rings is 1.